The number of aromatic nitrogens is 1. The summed E-state index contributed by atoms with van der Waals surface area (Å²) in [4.78, 5) is 44.4. The molecule has 0 spiro atoms. The van der Waals surface area contributed by atoms with Crippen LogP contribution in [0.15, 0.2) is 47.1 Å². The van der Waals surface area contributed by atoms with E-state index in [1.807, 2.05) is 13.8 Å². The molecule has 2 N–H and O–H groups in total. The Morgan fingerprint density at radius 3 is 2.50 bits per heavy atom. The number of amides is 2. The van der Waals surface area contributed by atoms with Gasteiger partial charge in [0.25, 0.3) is 11.8 Å². The summed E-state index contributed by atoms with van der Waals surface area (Å²) in [6.45, 7) is 4.37. The van der Waals surface area contributed by atoms with Gasteiger partial charge in [-0.25, -0.2) is 4.79 Å². The first-order chi connectivity index (χ1) is 19.4. The number of nitrogens with zero attached hydrogens (tertiary/aromatic N) is 1. The summed E-state index contributed by atoms with van der Waals surface area (Å²) < 4.78 is 10.5. The van der Waals surface area contributed by atoms with Gasteiger partial charge in [-0.15, -0.1) is 0 Å². The third-order valence-electron chi connectivity index (χ3n) is 8.12. The van der Waals surface area contributed by atoms with Crippen LogP contribution in [0.25, 0.3) is 11.1 Å². The molecule has 2 aliphatic rings. The highest BCUT2D eigenvalue weighted by Gasteiger charge is 2.38. The smallest absolute Gasteiger partial charge is 0.340 e. The van der Waals surface area contributed by atoms with Crippen LogP contribution in [0.1, 0.15) is 107 Å². The summed E-state index contributed by atoms with van der Waals surface area (Å²) in [7, 11) is 1.35. The molecule has 0 radical (unpaired) electrons. The van der Waals surface area contributed by atoms with E-state index in [-0.39, 0.29) is 30.3 Å². The van der Waals surface area contributed by atoms with Gasteiger partial charge in [0.15, 0.2) is 0 Å². The molecule has 1 aliphatic carbocycles. The number of carbonyl (C=O) groups excluding carboxylic acids is 3. The number of rotatable bonds is 9. The first-order valence-corrected chi connectivity index (χ1v) is 14.2. The largest absolute Gasteiger partial charge is 0.467 e. The van der Waals surface area contributed by atoms with Crippen LogP contribution in [0, 0.1) is 11.8 Å². The van der Waals surface area contributed by atoms with Gasteiger partial charge in [-0.05, 0) is 54.5 Å². The molecule has 3 aromatic rings. The molecule has 2 amide bonds. The fraction of sp³-hybridized carbons (Fsp3) is 0.438. The average molecular weight is 544 g/mol. The summed E-state index contributed by atoms with van der Waals surface area (Å²) in [6.07, 6.45) is 9.31. The molecular formula is C32H37N3O5. The topological polar surface area (TPSA) is 111 Å². The Morgan fingerprint density at radius 1 is 1.10 bits per heavy atom. The number of esters is 1. The van der Waals surface area contributed by atoms with E-state index in [1.54, 1.807) is 42.7 Å². The maximum Gasteiger partial charge on any atom is 0.340 e. The van der Waals surface area contributed by atoms with Crippen LogP contribution < -0.4 is 10.6 Å². The van der Waals surface area contributed by atoms with Crippen molar-refractivity contribution in [3.05, 3.63) is 76.5 Å². The van der Waals surface area contributed by atoms with Crippen molar-refractivity contribution in [3.63, 3.8) is 0 Å². The van der Waals surface area contributed by atoms with E-state index in [9.17, 15) is 14.4 Å². The SMILES string of the molecule is COC(=O)c1c(CCC2CCCCC2)nc2c(c1-c1ccc(C(=O)NCc3ccco3)cc1)C(=O)NC2C(C)C. The lowest BCUT2D eigenvalue weighted by atomic mass is 9.84. The van der Waals surface area contributed by atoms with E-state index in [2.05, 4.69) is 10.6 Å². The number of carbonyl (C=O) groups is 3. The maximum absolute atomic E-state index is 13.4. The number of hydrogen-bond donors (Lipinski definition) is 2. The fourth-order valence-corrected chi connectivity index (χ4v) is 5.95. The zero-order valence-corrected chi connectivity index (χ0v) is 23.4. The van der Waals surface area contributed by atoms with Crippen molar-refractivity contribution in [2.24, 2.45) is 11.8 Å². The van der Waals surface area contributed by atoms with Gasteiger partial charge in [0.05, 0.1) is 48.5 Å². The highest BCUT2D eigenvalue weighted by molar-refractivity contribution is 6.10. The van der Waals surface area contributed by atoms with Crippen LogP contribution in [-0.2, 0) is 17.7 Å². The molecule has 1 aliphatic heterocycles. The van der Waals surface area contributed by atoms with Crippen LogP contribution in [-0.4, -0.2) is 29.9 Å². The predicted molar refractivity (Wildman–Crippen MR) is 151 cm³/mol. The molecule has 1 atom stereocenters. The van der Waals surface area contributed by atoms with Gasteiger partial charge in [0.1, 0.15) is 5.76 Å². The molecule has 40 heavy (non-hydrogen) atoms. The van der Waals surface area contributed by atoms with Crippen molar-refractivity contribution >= 4 is 17.8 Å². The van der Waals surface area contributed by atoms with E-state index in [4.69, 9.17) is 14.1 Å². The Kier molecular flexibility index (Phi) is 8.33. The van der Waals surface area contributed by atoms with Crippen molar-refractivity contribution in [1.29, 1.82) is 0 Å². The molecule has 0 saturated heterocycles. The molecule has 210 valence electrons. The van der Waals surface area contributed by atoms with Crippen LogP contribution in [0.3, 0.4) is 0 Å². The number of methoxy groups -OCH3 is 1. The van der Waals surface area contributed by atoms with Gasteiger partial charge in [0, 0.05) is 11.1 Å². The minimum absolute atomic E-state index is 0.126. The summed E-state index contributed by atoms with van der Waals surface area (Å²) in [5.74, 6) is 0.386. The zero-order valence-electron chi connectivity index (χ0n) is 23.4. The average Bonchev–Trinajstić information content (AvgIpc) is 3.62. The van der Waals surface area contributed by atoms with Crippen molar-refractivity contribution in [2.75, 3.05) is 7.11 Å². The third-order valence-corrected chi connectivity index (χ3v) is 8.12. The van der Waals surface area contributed by atoms with E-state index in [0.29, 0.717) is 57.3 Å². The molecule has 1 saturated carbocycles. The van der Waals surface area contributed by atoms with Crippen LogP contribution in [0.4, 0.5) is 0 Å². The van der Waals surface area contributed by atoms with Crippen molar-refractivity contribution in [2.45, 2.75) is 71.4 Å². The second-order valence-electron chi connectivity index (χ2n) is 11.1. The van der Waals surface area contributed by atoms with Crippen molar-refractivity contribution < 1.29 is 23.5 Å². The van der Waals surface area contributed by atoms with E-state index >= 15 is 0 Å². The molecule has 8 heteroatoms. The first-order valence-electron chi connectivity index (χ1n) is 14.2. The van der Waals surface area contributed by atoms with Crippen LogP contribution in [0.5, 0.6) is 0 Å². The van der Waals surface area contributed by atoms with Gasteiger partial charge in [-0.1, -0.05) is 58.1 Å². The number of nitrogens with one attached hydrogen (secondary N) is 2. The molecule has 0 bridgehead atoms. The monoisotopic (exact) mass is 543 g/mol. The van der Waals surface area contributed by atoms with Gasteiger partial charge < -0.3 is 19.8 Å². The second-order valence-corrected chi connectivity index (χ2v) is 11.1. The van der Waals surface area contributed by atoms with Crippen LogP contribution >= 0.6 is 0 Å². The Hall–Kier alpha value is -3.94. The standard InChI is InChI=1S/C32H37N3O5/c1-19(2)28-29-27(31(37)35-28)25(21-12-14-22(15-13-21)30(36)33-18-23-10-7-17-40-23)26(32(38)39-3)24(34-29)16-11-20-8-5-4-6-9-20/h7,10,12-15,17,19-20,28H,4-6,8-9,11,16,18H2,1-3H3,(H,33,36)(H,35,37). The molecule has 3 heterocycles. The number of aryl methyl sites for hydroxylation is 1. The highest BCUT2D eigenvalue weighted by atomic mass is 16.5. The van der Waals surface area contributed by atoms with Crippen molar-refractivity contribution in [1.82, 2.24) is 15.6 Å². The lowest BCUT2D eigenvalue weighted by molar-refractivity contribution is 0.0599. The number of hydrogen-bond acceptors (Lipinski definition) is 6. The maximum atomic E-state index is 13.4. The third kappa shape index (κ3) is 5.67. The van der Waals surface area contributed by atoms with E-state index in [1.165, 1.54) is 39.2 Å². The van der Waals surface area contributed by atoms with Gasteiger partial charge in [-0.2, -0.15) is 0 Å². The molecule has 2 aromatic heterocycles. The fourth-order valence-electron chi connectivity index (χ4n) is 5.95. The van der Waals surface area contributed by atoms with Gasteiger partial charge in [0.2, 0.25) is 0 Å². The summed E-state index contributed by atoms with van der Waals surface area (Å²) >= 11 is 0. The summed E-state index contributed by atoms with van der Waals surface area (Å²) in [5.41, 5.74) is 3.76. The second kappa shape index (κ2) is 12.1. The normalized spacial score (nSPS) is 17.0. The Morgan fingerprint density at radius 2 is 1.85 bits per heavy atom. The minimum atomic E-state index is -0.509. The predicted octanol–water partition coefficient (Wildman–Crippen LogP) is 6.01. The number of furan rings is 1. The number of benzene rings is 1. The van der Waals surface area contributed by atoms with Crippen LogP contribution in [0.2, 0.25) is 0 Å². The highest BCUT2D eigenvalue weighted by Crippen LogP contribution is 2.40. The summed E-state index contributed by atoms with van der Waals surface area (Å²) in [6, 6.07) is 10.3. The molecule has 1 fully saturated rings. The number of fused-ring (bicyclic) bond motifs is 1. The molecule has 8 nitrogen and oxygen atoms in total. The van der Waals surface area contributed by atoms with Crippen molar-refractivity contribution in [3.8, 4) is 11.1 Å². The lowest BCUT2D eigenvalue weighted by Gasteiger charge is -2.23. The Bertz CT molecular complexity index is 1370. The number of pyridine rings is 1. The Balaban J connectivity index is 1.54. The first kappa shape index (κ1) is 27.6. The molecular weight excluding hydrogens is 506 g/mol. The van der Waals surface area contributed by atoms with E-state index < -0.39 is 5.97 Å². The molecule has 1 aromatic carbocycles. The lowest BCUT2D eigenvalue weighted by Crippen LogP contribution is -2.23. The van der Waals surface area contributed by atoms with Gasteiger partial charge in [-0.3, -0.25) is 14.6 Å². The quantitative estimate of drug-likeness (QED) is 0.320. The number of ether oxygens (including phenoxy) is 1. The summed E-state index contributed by atoms with van der Waals surface area (Å²) in [5, 5.41) is 5.92. The van der Waals surface area contributed by atoms with Gasteiger partial charge >= 0.3 is 5.97 Å². The minimum Gasteiger partial charge on any atom is -0.467 e. The van der Waals surface area contributed by atoms with E-state index in [0.717, 1.165) is 6.42 Å². The molecule has 5 rings (SSSR count). The Labute approximate surface area is 234 Å². The molecule has 1 unspecified atom stereocenters. The zero-order chi connectivity index (χ0) is 28.2.